The highest BCUT2D eigenvalue weighted by atomic mass is 79.9. The van der Waals surface area contributed by atoms with Gasteiger partial charge >= 0.3 is 0 Å². The van der Waals surface area contributed by atoms with Crippen LogP contribution < -0.4 is 10.5 Å². The molecule has 0 heterocycles. The maximum atomic E-state index is 5.87. The zero-order chi connectivity index (χ0) is 14.1. The Balaban J connectivity index is 2.25. The maximum absolute atomic E-state index is 5.87. The third-order valence-corrected chi connectivity index (χ3v) is 3.92. The van der Waals surface area contributed by atoms with Crippen LogP contribution in [-0.2, 0) is 0 Å². The van der Waals surface area contributed by atoms with Crippen LogP contribution in [0, 0.1) is 0 Å². The zero-order valence-corrected chi connectivity index (χ0v) is 13.7. The molecule has 0 spiro atoms. The van der Waals surface area contributed by atoms with Crippen molar-refractivity contribution in [2.75, 3.05) is 6.61 Å². The van der Waals surface area contributed by atoms with Gasteiger partial charge in [-0.15, -0.1) is 0 Å². The second-order valence-corrected chi connectivity index (χ2v) is 5.94. The van der Waals surface area contributed by atoms with Gasteiger partial charge in [0.1, 0.15) is 5.75 Å². The molecule has 0 saturated heterocycles. The van der Waals surface area contributed by atoms with Crippen molar-refractivity contribution in [3.8, 4) is 5.75 Å². The Kier molecular flexibility index (Phi) is 8.15. The van der Waals surface area contributed by atoms with Crippen molar-refractivity contribution in [1.82, 2.24) is 0 Å². The summed E-state index contributed by atoms with van der Waals surface area (Å²) in [6, 6.07) is 6.09. The van der Waals surface area contributed by atoms with Crippen LogP contribution in [0.1, 0.15) is 64.0 Å². The van der Waals surface area contributed by atoms with Crippen LogP contribution in [-0.4, -0.2) is 6.61 Å². The monoisotopic (exact) mass is 327 g/mol. The lowest BCUT2D eigenvalue weighted by atomic mass is 10.1. The van der Waals surface area contributed by atoms with Gasteiger partial charge in [0.25, 0.3) is 0 Å². The van der Waals surface area contributed by atoms with Gasteiger partial charge in [0.2, 0.25) is 0 Å². The number of halogens is 1. The normalized spacial score (nSPS) is 12.4. The largest absolute Gasteiger partial charge is 0.494 e. The summed E-state index contributed by atoms with van der Waals surface area (Å²) < 4.78 is 6.79. The van der Waals surface area contributed by atoms with E-state index in [4.69, 9.17) is 10.5 Å². The van der Waals surface area contributed by atoms with Crippen LogP contribution in [0.3, 0.4) is 0 Å². The van der Waals surface area contributed by atoms with Crippen molar-refractivity contribution in [3.05, 3.63) is 28.2 Å². The summed E-state index contributed by atoms with van der Waals surface area (Å²) in [7, 11) is 0. The number of rotatable bonds is 9. The third-order valence-electron chi connectivity index (χ3n) is 3.23. The minimum absolute atomic E-state index is 0.0435. The van der Waals surface area contributed by atoms with Gasteiger partial charge in [0.15, 0.2) is 0 Å². The molecule has 0 aromatic heterocycles. The molecule has 0 bridgehead atoms. The average Bonchev–Trinajstić information content (AvgIpc) is 2.37. The van der Waals surface area contributed by atoms with Gasteiger partial charge in [-0.1, -0.05) is 61.0 Å². The predicted octanol–water partition coefficient (Wildman–Crippen LogP) is 5.21. The molecule has 1 atom stereocenters. The summed E-state index contributed by atoms with van der Waals surface area (Å²) in [4.78, 5) is 0. The fraction of sp³-hybridized carbons (Fsp3) is 0.625. The predicted molar refractivity (Wildman–Crippen MR) is 85.6 cm³/mol. The highest BCUT2D eigenvalue weighted by Gasteiger charge is 2.06. The highest BCUT2D eigenvalue weighted by molar-refractivity contribution is 9.10. The first-order valence-corrected chi connectivity index (χ1v) is 8.12. The van der Waals surface area contributed by atoms with Crippen LogP contribution in [0.25, 0.3) is 0 Å². The molecule has 0 aliphatic heterocycles. The van der Waals surface area contributed by atoms with Gasteiger partial charge in [-0.2, -0.15) is 0 Å². The number of ether oxygens (including phenoxy) is 1. The summed E-state index contributed by atoms with van der Waals surface area (Å²) in [6.45, 7) is 5.03. The lowest BCUT2D eigenvalue weighted by molar-refractivity contribution is 0.304. The molecule has 0 aliphatic rings. The van der Waals surface area contributed by atoms with E-state index in [1.807, 2.05) is 25.1 Å². The lowest BCUT2D eigenvalue weighted by Gasteiger charge is -2.11. The number of hydrogen-bond acceptors (Lipinski definition) is 2. The highest BCUT2D eigenvalue weighted by Crippen LogP contribution is 2.26. The van der Waals surface area contributed by atoms with E-state index in [9.17, 15) is 0 Å². The Morgan fingerprint density at radius 1 is 1.16 bits per heavy atom. The van der Waals surface area contributed by atoms with E-state index in [1.165, 1.54) is 32.1 Å². The Morgan fingerprint density at radius 2 is 1.84 bits per heavy atom. The Bertz CT molecular complexity index is 366. The van der Waals surface area contributed by atoms with E-state index in [0.29, 0.717) is 0 Å². The summed E-state index contributed by atoms with van der Waals surface area (Å²) in [5.41, 5.74) is 6.99. The molecular weight excluding hydrogens is 302 g/mol. The number of unbranched alkanes of at least 4 members (excludes halogenated alkanes) is 5. The van der Waals surface area contributed by atoms with E-state index in [-0.39, 0.29) is 6.04 Å². The van der Waals surface area contributed by atoms with Gasteiger partial charge in [-0.25, -0.2) is 0 Å². The second-order valence-electron chi connectivity index (χ2n) is 5.09. The first-order valence-electron chi connectivity index (χ1n) is 7.33. The number of nitrogens with two attached hydrogens (primary N) is 1. The molecule has 0 radical (unpaired) electrons. The number of hydrogen-bond donors (Lipinski definition) is 1. The van der Waals surface area contributed by atoms with Crippen LogP contribution in [0.2, 0.25) is 0 Å². The zero-order valence-electron chi connectivity index (χ0n) is 12.1. The topological polar surface area (TPSA) is 35.2 Å². The molecule has 108 valence electrons. The molecular formula is C16H26BrNO. The Hall–Kier alpha value is -0.540. The van der Waals surface area contributed by atoms with Gasteiger partial charge in [-0.3, -0.25) is 0 Å². The molecule has 19 heavy (non-hydrogen) atoms. The lowest BCUT2D eigenvalue weighted by Crippen LogP contribution is -2.06. The minimum Gasteiger partial charge on any atom is -0.494 e. The molecule has 2 N–H and O–H groups in total. The minimum atomic E-state index is 0.0435. The van der Waals surface area contributed by atoms with Crippen LogP contribution >= 0.6 is 15.9 Å². The van der Waals surface area contributed by atoms with Crippen molar-refractivity contribution in [1.29, 1.82) is 0 Å². The fourth-order valence-electron chi connectivity index (χ4n) is 2.04. The molecule has 1 aromatic rings. The van der Waals surface area contributed by atoms with Crippen LogP contribution in [0.4, 0.5) is 0 Å². The van der Waals surface area contributed by atoms with E-state index < -0.39 is 0 Å². The van der Waals surface area contributed by atoms with E-state index in [1.54, 1.807) is 0 Å². The molecule has 2 nitrogen and oxygen atoms in total. The molecule has 1 aromatic carbocycles. The summed E-state index contributed by atoms with van der Waals surface area (Å²) in [5, 5.41) is 0. The smallest absolute Gasteiger partial charge is 0.120 e. The Morgan fingerprint density at radius 3 is 2.47 bits per heavy atom. The molecule has 3 heteroatoms. The van der Waals surface area contributed by atoms with Crippen molar-refractivity contribution in [2.45, 2.75) is 58.4 Å². The van der Waals surface area contributed by atoms with Gasteiger partial charge in [-0.05, 0) is 31.0 Å². The quantitative estimate of drug-likeness (QED) is 0.632. The van der Waals surface area contributed by atoms with Crippen LogP contribution in [0.5, 0.6) is 5.75 Å². The summed E-state index contributed by atoms with van der Waals surface area (Å²) >= 11 is 3.54. The first-order chi connectivity index (χ1) is 9.15. The van der Waals surface area contributed by atoms with Crippen molar-refractivity contribution in [2.24, 2.45) is 5.73 Å². The SMILES string of the molecule is CCCCCCCCOc1ccc([C@H](C)N)c(Br)c1. The standard InChI is InChI=1S/C16H26BrNO/c1-3-4-5-6-7-8-11-19-14-9-10-15(13(2)18)16(17)12-14/h9-10,12-13H,3-8,11,18H2,1-2H3/t13-/m0/s1. The molecule has 0 aliphatic carbocycles. The average molecular weight is 328 g/mol. The van der Waals surface area contributed by atoms with E-state index >= 15 is 0 Å². The van der Waals surface area contributed by atoms with Crippen LogP contribution in [0.15, 0.2) is 22.7 Å². The molecule has 0 unspecified atom stereocenters. The molecule has 0 amide bonds. The molecule has 1 rings (SSSR count). The first kappa shape index (κ1) is 16.5. The number of benzene rings is 1. The van der Waals surface area contributed by atoms with Gasteiger partial charge < -0.3 is 10.5 Å². The fourth-order valence-corrected chi connectivity index (χ4v) is 2.76. The van der Waals surface area contributed by atoms with Crippen molar-refractivity contribution >= 4 is 15.9 Å². The maximum Gasteiger partial charge on any atom is 0.120 e. The molecule has 0 saturated carbocycles. The van der Waals surface area contributed by atoms with Gasteiger partial charge in [0.05, 0.1) is 6.61 Å². The molecule has 0 fully saturated rings. The summed E-state index contributed by atoms with van der Waals surface area (Å²) in [5.74, 6) is 0.921. The third kappa shape index (κ3) is 6.44. The van der Waals surface area contributed by atoms with E-state index in [0.717, 1.165) is 28.8 Å². The Labute approximate surface area is 125 Å². The van der Waals surface area contributed by atoms with Crippen molar-refractivity contribution in [3.63, 3.8) is 0 Å². The van der Waals surface area contributed by atoms with E-state index in [2.05, 4.69) is 22.9 Å². The summed E-state index contributed by atoms with van der Waals surface area (Å²) in [6.07, 6.45) is 7.73. The van der Waals surface area contributed by atoms with Gasteiger partial charge in [0, 0.05) is 10.5 Å². The second kappa shape index (κ2) is 9.38. The van der Waals surface area contributed by atoms with Crippen molar-refractivity contribution < 1.29 is 4.74 Å².